The molecule has 2 aromatic carbocycles. The van der Waals surface area contributed by atoms with Crippen molar-refractivity contribution >= 4 is 35.1 Å². The second-order valence-corrected chi connectivity index (χ2v) is 8.78. The van der Waals surface area contributed by atoms with E-state index < -0.39 is 4.75 Å². The fraction of sp³-hybridized carbons (Fsp3) is 0.208. The summed E-state index contributed by atoms with van der Waals surface area (Å²) < 4.78 is -0.479. The number of pyridine rings is 1. The molecule has 0 radical (unpaired) electrons. The Hall–Kier alpha value is -3.12. The van der Waals surface area contributed by atoms with Crippen LogP contribution in [0.2, 0.25) is 0 Å². The van der Waals surface area contributed by atoms with Crippen LogP contribution < -0.4 is 10.6 Å². The van der Waals surface area contributed by atoms with Crippen LogP contribution in [-0.4, -0.2) is 21.5 Å². The van der Waals surface area contributed by atoms with Gasteiger partial charge in [-0.2, -0.15) is 0 Å². The fourth-order valence-electron chi connectivity index (χ4n) is 3.64. The Labute approximate surface area is 180 Å². The number of amides is 2. The molecular weight excluding hydrogens is 394 g/mol. The van der Waals surface area contributed by atoms with Gasteiger partial charge < -0.3 is 10.6 Å². The summed E-state index contributed by atoms with van der Waals surface area (Å²) in [6.45, 7) is 0. The zero-order chi connectivity index (χ0) is 20.8. The topological polar surface area (TPSA) is 71.1 Å². The van der Waals surface area contributed by atoms with Crippen LogP contribution in [0.3, 0.4) is 0 Å². The van der Waals surface area contributed by atoms with Crippen LogP contribution in [0.1, 0.15) is 36.0 Å². The van der Waals surface area contributed by atoms with E-state index in [0.717, 1.165) is 30.6 Å². The minimum atomic E-state index is -0.479. The van der Waals surface area contributed by atoms with Gasteiger partial charge in [0, 0.05) is 22.3 Å². The normalized spacial score (nSPS) is 14.8. The van der Waals surface area contributed by atoms with Crippen molar-refractivity contribution in [2.45, 2.75) is 35.3 Å². The molecule has 4 rings (SSSR count). The summed E-state index contributed by atoms with van der Waals surface area (Å²) in [5, 5.41) is 5.82. The minimum Gasteiger partial charge on any atom is -0.325 e. The van der Waals surface area contributed by atoms with Gasteiger partial charge in [-0.3, -0.25) is 9.59 Å². The van der Waals surface area contributed by atoms with Gasteiger partial charge in [0.05, 0.1) is 4.75 Å². The van der Waals surface area contributed by atoms with Gasteiger partial charge in [0.2, 0.25) is 5.91 Å². The van der Waals surface area contributed by atoms with Crippen LogP contribution in [0.5, 0.6) is 0 Å². The summed E-state index contributed by atoms with van der Waals surface area (Å²) >= 11 is 1.64. The first-order valence-electron chi connectivity index (χ1n) is 10.0. The van der Waals surface area contributed by atoms with Crippen LogP contribution in [0.4, 0.5) is 11.5 Å². The third kappa shape index (κ3) is 4.71. The molecular formula is C24H23N3O2S. The van der Waals surface area contributed by atoms with Gasteiger partial charge in [-0.25, -0.2) is 4.98 Å². The van der Waals surface area contributed by atoms with Crippen LogP contribution in [0, 0.1) is 0 Å². The standard InChI is InChI=1S/C24H23N3O2S/c28-22(27-21-13-4-7-16-25-21)18-9-8-10-19(17-18)26-23(29)24(14-5-6-15-24)30-20-11-2-1-3-12-20/h1-4,7-13,16-17H,5-6,14-15H2,(H,26,29)(H,25,27,28). The van der Waals surface area contributed by atoms with E-state index in [1.54, 1.807) is 48.3 Å². The monoisotopic (exact) mass is 417 g/mol. The predicted molar refractivity (Wildman–Crippen MR) is 121 cm³/mol. The SMILES string of the molecule is O=C(Nc1ccccn1)c1cccc(NC(=O)C2(Sc3ccccc3)CCCC2)c1. The predicted octanol–water partition coefficient (Wildman–Crippen LogP) is 5.38. The van der Waals surface area contributed by atoms with Crippen molar-refractivity contribution < 1.29 is 9.59 Å². The largest absolute Gasteiger partial charge is 0.325 e. The molecule has 152 valence electrons. The minimum absolute atomic E-state index is 0.00358. The summed E-state index contributed by atoms with van der Waals surface area (Å²) in [5.41, 5.74) is 1.09. The summed E-state index contributed by atoms with van der Waals surface area (Å²) in [6, 6.07) is 22.4. The van der Waals surface area contributed by atoms with Gasteiger partial charge in [-0.05, 0) is 55.3 Å². The molecule has 0 bridgehead atoms. The van der Waals surface area contributed by atoms with Gasteiger partial charge in [0.25, 0.3) is 5.91 Å². The van der Waals surface area contributed by atoms with E-state index in [9.17, 15) is 9.59 Å². The Balaban J connectivity index is 1.48. The van der Waals surface area contributed by atoms with Crippen molar-refractivity contribution in [3.05, 3.63) is 84.6 Å². The molecule has 5 nitrogen and oxygen atoms in total. The van der Waals surface area contributed by atoms with Crippen LogP contribution >= 0.6 is 11.8 Å². The van der Waals surface area contributed by atoms with Crippen molar-refractivity contribution in [3.8, 4) is 0 Å². The lowest BCUT2D eigenvalue weighted by atomic mass is 10.1. The average Bonchev–Trinajstić information content (AvgIpc) is 3.25. The van der Waals surface area contributed by atoms with Crippen molar-refractivity contribution in [1.29, 1.82) is 0 Å². The zero-order valence-electron chi connectivity index (χ0n) is 16.5. The highest BCUT2D eigenvalue weighted by atomic mass is 32.2. The van der Waals surface area contributed by atoms with Gasteiger partial charge in [-0.1, -0.05) is 43.2 Å². The Bertz CT molecular complexity index is 1020. The number of nitrogens with zero attached hydrogens (tertiary/aromatic N) is 1. The number of carbonyl (C=O) groups excluding carboxylic acids is 2. The molecule has 1 aromatic heterocycles. The third-order valence-corrected chi connectivity index (χ3v) is 6.66. The number of nitrogens with one attached hydrogen (secondary N) is 2. The molecule has 2 amide bonds. The summed E-state index contributed by atoms with van der Waals surface area (Å²) in [7, 11) is 0. The maximum atomic E-state index is 13.3. The van der Waals surface area contributed by atoms with Crippen molar-refractivity contribution in [3.63, 3.8) is 0 Å². The van der Waals surface area contributed by atoms with Crippen molar-refractivity contribution in [2.75, 3.05) is 10.6 Å². The Kier molecular flexibility index (Phi) is 6.14. The number of hydrogen-bond donors (Lipinski definition) is 2. The molecule has 0 saturated heterocycles. The van der Waals surface area contributed by atoms with Crippen molar-refractivity contribution in [1.82, 2.24) is 4.98 Å². The Morgan fingerprint density at radius 1 is 0.867 bits per heavy atom. The number of aromatic nitrogens is 1. The number of carbonyl (C=O) groups is 2. The second-order valence-electron chi connectivity index (χ2n) is 7.32. The van der Waals surface area contributed by atoms with Crippen LogP contribution in [-0.2, 0) is 4.79 Å². The molecule has 3 aromatic rings. The number of anilines is 2. The van der Waals surface area contributed by atoms with Crippen LogP contribution in [0.15, 0.2) is 83.9 Å². The first-order chi connectivity index (χ1) is 14.6. The maximum absolute atomic E-state index is 13.3. The van der Waals surface area contributed by atoms with E-state index in [-0.39, 0.29) is 11.8 Å². The molecule has 0 spiro atoms. The van der Waals surface area contributed by atoms with Crippen molar-refractivity contribution in [2.24, 2.45) is 0 Å². The van der Waals surface area contributed by atoms with E-state index in [1.807, 2.05) is 42.5 Å². The van der Waals surface area contributed by atoms with Gasteiger partial charge in [0.15, 0.2) is 0 Å². The first-order valence-corrected chi connectivity index (χ1v) is 10.8. The molecule has 1 aliphatic rings. The maximum Gasteiger partial charge on any atom is 0.256 e. The molecule has 1 heterocycles. The number of benzene rings is 2. The first kappa shape index (κ1) is 20.2. The van der Waals surface area contributed by atoms with E-state index in [4.69, 9.17) is 0 Å². The Morgan fingerprint density at radius 2 is 1.63 bits per heavy atom. The van der Waals surface area contributed by atoms with E-state index in [2.05, 4.69) is 15.6 Å². The lowest BCUT2D eigenvalue weighted by molar-refractivity contribution is -0.118. The van der Waals surface area contributed by atoms with E-state index in [1.165, 1.54) is 0 Å². The van der Waals surface area contributed by atoms with E-state index >= 15 is 0 Å². The number of rotatable bonds is 6. The highest BCUT2D eigenvalue weighted by Gasteiger charge is 2.42. The third-order valence-electron chi connectivity index (χ3n) is 5.17. The van der Waals surface area contributed by atoms with Gasteiger partial charge in [-0.15, -0.1) is 11.8 Å². The number of thioether (sulfide) groups is 1. The lowest BCUT2D eigenvalue weighted by Crippen LogP contribution is -2.37. The molecule has 0 unspecified atom stereocenters. The quantitative estimate of drug-likeness (QED) is 0.565. The summed E-state index contributed by atoms with van der Waals surface area (Å²) in [6.07, 6.45) is 5.40. The molecule has 0 aliphatic heterocycles. The van der Waals surface area contributed by atoms with E-state index in [0.29, 0.717) is 17.1 Å². The summed E-state index contributed by atoms with van der Waals surface area (Å²) in [5.74, 6) is 0.219. The highest BCUT2D eigenvalue weighted by molar-refractivity contribution is 8.01. The van der Waals surface area contributed by atoms with Gasteiger partial charge >= 0.3 is 0 Å². The van der Waals surface area contributed by atoms with Gasteiger partial charge in [0.1, 0.15) is 5.82 Å². The smallest absolute Gasteiger partial charge is 0.256 e. The molecule has 0 atom stereocenters. The second kappa shape index (κ2) is 9.13. The molecule has 30 heavy (non-hydrogen) atoms. The molecule has 6 heteroatoms. The molecule has 1 saturated carbocycles. The Morgan fingerprint density at radius 3 is 2.37 bits per heavy atom. The molecule has 2 N–H and O–H groups in total. The average molecular weight is 418 g/mol. The zero-order valence-corrected chi connectivity index (χ0v) is 17.3. The molecule has 1 aliphatic carbocycles. The fourth-order valence-corrected chi connectivity index (χ4v) is 5.03. The number of hydrogen-bond acceptors (Lipinski definition) is 4. The molecule has 1 fully saturated rings. The summed E-state index contributed by atoms with van der Waals surface area (Å²) in [4.78, 5) is 31.0. The lowest BCUT2D eigenvalue weighted by Gasteiger charge is -2.27. The van der Waals surface area contributed by atoms with Crippen LogP contribution in [0.25, 0.3) is 0 Å². The highest BCUT2D eigenvalue weighted by Crippen LogP contribution is 2.46.